The molecule has 2 heterocycles. The van der Waals surface area contributed by atoms with Gasteiger partial charge in [-0.2, -0.15) is 0 Å². The molecule has 2 N–H and O–H groups in total. The first-order valence-electron chi connectivity index (χ1n) is 10.0. The molecule has 2 aliphatic rings. The lowest BCUT2D eigenvalue weighted by molar-refractivity contribution is 0.236. The summed E-state index contributed by atoms with van der Waals surface area (Å²) in [6.07, 6.45) is 4.59. The van der Waals surface area contributed by atoms with Crippen molar-refractivity contribution >= 4 is 11.6 Å². The van der Waals surface area contributed by atoms with Crippen LogP contribution in [0.25, 0.3) is 0 Å². The molecule has 1 aromatic rings. The van der Waals surface area contributed by atoms with E-state index in [1.165, 1.54) is 38.1 Å². The number of halogens is 2. The van der Waals surface area contributed by atoms with Gasteiger partial charge in [0.15, 0.2) is 5.96 Å². The molecule has 3 rings (SSSR count). The Morgan fingerprint density at radius 1 is 1.26 bits per heavy atom. The first-order valence-corrected chi connectivity index (χ1v) is 10.0. The minimum atomic E-state index is -0.543. The Bertz CT molecular complexity index is 645. The molecule has 2 atom stereocenters. The van der Waals surface area contributed by atoms with Gasteiger partial charge < -0.3 is 15.5 Å². The number of hydrogen-bond donors (Lipinski definition) is 2. The molecule has 0 spiro atoms. The summed E-state index contributed by atoms with van der Waals surface area (Å²) in [6, 6.07) is 4.48. The van der Waals surface area contributed by atoms with Gasteiger partial charge in [-0.05, 0) is 50.9 Å². The predicted octanol–water partition coefficient (Wildman–Crippen LogP) is 2.58. The van der Waals surface area contributed by atoms with Crippen molar-refractivity contribution in [3.63, 3.8) is 0 Å². The Morgan fingerprint density at radius 3 is 2.70 bits per heavy atom. The lowest BCUT2D eigenvalue weighted by atomic mass is 10.2. The van der Waals surface area contributed by atoms with Crippen LogP contribution in [-0.2, 0) is 0 Å². The molecule has 0 amide bonds. The van der Waals surface area contributed by atoms with E-state index in [0.717, 1.165) is 38.0 Å². The molecule has 0 saturated carbocycles. The zero-order chi connectivity index (χ0) is 19.2. The molecule has 0 aromatic heterocycles. The monoisotopic (exact) mass is 379 g/mol. The van der Waals surface area contributed by atoms with Crippen molar-refractivity contribution in [2.45, 2.75) is 44.7 Å². The summed E-state index contributed by atoms with van der Waals surface area (Å²) >= 11 is 0. The van der Waals surface area contributed by atoms with Gasteiger partial charge >= 0.3 is 0 Å². The zero-order valence-corrected chi connectivity index (χ0v) is 16.3. The Balaban J connectivity index is 1.50. The molecule has 2 unspecified atom stereocenters. The minimum Gasteiger partial charge on any atom is -0.367 e. The van der Waals surface area contributed by atoms with E-state index < -0.39 is 11.6 Å². The van der Waals surface area contributed by atoms with E-state index in [1.54, 1.807) is 7.05 Å². The van der Waals surface area contributed by atoms with Gasteiger partial charge in [-0.25, -0.2) is 8.78 Å². The maximum Gasteiger partial charge on any atom is 0.191 e. The predicted molar refractivity (Wildman–Crippen MR) is 106 cm³/mol. The van der Waals surface area contributed by atoms with Gasteiger partial charge in [-0.3, -0.25) is 9.89 Å². The average molecular weight is 379 g/mol. The standard InChI is InChI=1S/C20H31F2N5/c1-3-17(26-9-4-5-10-26)13-24-20(23-2)25-16-8-11-27(14-16)19-7-6-15(21)12-18(19)22/h6-7,12,16-17H,3-5,8-11,13-14H2,1-2H3,(H2,23,24,25). The van der Waals surface area contributed by atoms with Crippen LogP contribution in [0.4, 0.5) is 14.5 Å². The number of nitrogens with zero attached hydrogens (tertiary/aromatic N) is 3. The van der Waals surface area contributed by atoms with Crippen LogP contribution in [0.1, 0.15) is 32.6 Å². The smallest absolute Gasteiger partial charge is 0.191 e. The van der Waals surface area contributed by atoms with Gasteiger partial charge in [0.05, 0.1) is 5.69 Å². The molecule has 0 bridgehead atoms. The first kappa shape index (κ1) is 19.9. The molecule has 5 nitrogen and oxygen atoms in total. The Kier molecular flexibility index (Phi) is 6.88. The molecule has 150 valence electrons. The number of anilines is 1. The number of benzene rings is 1. The summed E-state index contributed by atoms with van der Waals surface area (Å²) in [4.78, 5) is 8.85. The third-order valence-corrected chi connectivity index (χ3v) is 5.64. The van der Waals surface area contributed by atoms with Gasteiger partial charge in [0.25, 0.3) is 0 Å². The van der Waals surface area contributed by atoms with Crippen molar-refractivity contribution in [1.29, 1.82) is 0 Å². The fraction of sp³-hybridized carbons (Fsp3) is 0.650. The number of nitrogens with one attached hydrogen (secondary N) is 2. The lowest BCUT2D eigenvalue weighted by Gasteiger charge is -2.28. The van der Waals surface area contributed by atoms with Gasteiger partial charge in [0, 0.05) is 44.8 Å². The minimum absolute atomic E-state index is 0.188. The number of hydrogen-bond acceptors (Lipinski definition) is 3. The molecule has 2 aliphatic heterocycles. The number of rotatable bonds is 6. The van der Waals surface area contributed by atoms with Crippen LogP contribution >= 0.6 is 0 Å². The first-order chi connectivity index (χ1) is 13.1. The lowest BCUT2D eigenvalue weighted by Crippen LogP contribution is -2.49. The van der Waals surface area contributed by atoms with Crippen molar-refractivity contribution in [3.8, 4) is 0 Å². The molecule has 27 heavy (non-hydrogen) atoms. The third-order valence-electron chi connectivity index (χ3n) is 5.64. The van der Waals surface area contributed by atoms with Crippen LogP contribution in [0.15, 0.2) is 23.2 Å². The van der Waals surface area contributed by atoms with Crippen LogP contribution in [-0.4, -0.2) is 62.7 Å². The van der Waals surface area contributed by atoms with Crippen molar-refractivity contribution in [1.82, 2.24) is 15.5 Å². The number of likely N-dealkylation sites (tertiary alicyclic amines) is 1. The van der Waals surface area contributed by atoms with E-state index in [9.17, 15) is 8.78 Å². The highest BCUT2D eigenvalue weighted by atomic mass is 19.1. The Hall–Kier alpha value is -1.89. The summed E-state index contributed by atoms with van der Waals surface area (Å²) in [5, 5.41) is 6.90. The Labute approximate surface area is 160 Å². The van der Waals surface area contributed by atoms with Gasteiger partial charge in [0.1, 0.15) is 11.6 Å². The summed E-state index contributed by atoms with van der Waals surface area (Å²) in [5.41, 5.74) is 0.462. The van der Waals surface area contributed by atoms with Crippen LogP contribution < -0.4 is 15.5 Å². The normalized spacial score (nSPS) is 22.3. The quantitative estimate of drug-likeness (QED) is 0.589. The molecule has 2 saturated heterocycles. The highest BCUT2D eigenvalue weighted by molar-refractivity contribution is 5.80. The second-order valence-corrected chi connectivity index (χ2v) is 7.43. The fourth-order valence-corrected chi connectivity index (χ4v) is 4.08. The molecule has 7 heteroatoms. The van der Waals surface area contributed by atoms with Crippen LogP contribution in [0.3, 0.4) is 0 Å². The van der Waals surface area contributed by atoms with Crippen LogP contribution in [0.5, 0.6) is 0 Å². The molecule has 1 aromatic carbocycles. The van der Waals surface area contributed by atoms with Gasteiger partial charge in [0.2, 0.25) is 0 Å². The topological polar surface area (TPSA) is 42.9 Å². The zero-order valence-electron chi connectivity index (χ0n) is 16.3. The van der Waals surface area contributed by atoms with E-state index in [2.05, 4.69) is 27.4 Å². The van der Waals surface area contributed by atoms with Gasteiger partial charge in [-0.15, -0.1) is 0 Å². The van der Waals surface area contributed by atoms with E-state index >= 15 is 0 Å². The van der Waals surface area contributed by atoms with Crippen molar-refractivity contribution in [2.75, 3.05) is 44.7 Å². The number of aliphatic imine (C=N–C) groups is 1. The molecule has 0 radical (unpaired) electrons. The maximum absolute atomic E-state index is 14.0. The summed E-state index contributed by atoms with van der Waals surface area (Å²) < 4.78 is 27.1. The number of guanidine groups is 1. The summed E-state index contributed by atoms with van der Waals surface area (Å²) in [5.74, 6) is -0.258. The average Bonchev–Trinajstić information content (AvgIpc) is 3.33. The fourth-order valence-electron chi connectivity index (χ4n) is 4.08. The maximum atomic E-state index is 14.0. The second kappa shape index (κ2) is 9.35. The second-order valence-electron chi connectivity index (χ2n) is 7.43. The molecule has 0 aliphatic carbocycles. The van der Waals surface area contributed by atoms with Crippen LogP contribution in [0, 0.1) is 11.6 Å². The van der Waals surface area contributed by atoms with E-state index in [0.29, 0.717) is 18.3 Å². The van der Waals surface area contributed by atoms with Crippen LogP contribution in [0.2, 0.25) is 0 Å². The highest BCUT2D eigenvalue weighted by Gasteiger charge is 2.26. The Morgan fingerprint density at radius 2 is 2.04 bits per heavy atom. The largest absolute Gasteiger partial charge is 0.367 e. The third kappa shape index (κ3) is 5.09. The molecular formula is C20H31F2N5. The van der Waals surface area contributed by atoms with Crippen molar-refractivity contribution in [3.05, 3.63) is 29.8 Å². The van der Waals surface area contributed by atoms with Crippen molar-refractivity contribution < 1.29 is 8.78 Å². The van der Waals surface area contributed by atoms with E-state index in [4.69, 9.17) is 0 Å². The molecule has 2 fully saturated rings. The SMILES string of the molecule is CCC(CNC(=NC)NC1CCN(c2ccc(F)cc2F)C1)N1CCCC1. The summed E-state index contributed by atoms with van der Waals surface area (Å²) in [7, 11) is 1.78. The summed E-state index contributed by atoms with van der Waals surface area (Å²) in [6.45, 7) is 6.89. The highest BCUT2D eigenvalue weighted by Crippen LogP contribution is 2.24. The molecular weight excluding hydrogens is 348 g/mol. The van der Waals surface area contributed by atoms with Crippen molar-refractivity contribution in [2.24, 2.45) is 4.99 Å². The van der Waals surface area contributed by atoms with E-state index in [-0.39, 0.29) is 6.04 Å². The van der Waals surface area contributed by atoms with E-state index in [1.807, 2.05) is 4.90 Å². The van der Waals surface area contributed by atoms with Gasteiger partial charge in [-0.1, -0.05) is 6.92 Å².